The predicted molar refractivity (Wildman–Crippen MR) is 224 cm³/mol. The molecule has 0 aromatic heterocycles. The third-order valence-corrected chi connectivity index (χ3v) is 8.21. The van der Waals surface area contributed by atoms with Crippen molar-refractivity contribution in [1.29, 1.82) is 0 Å². The maximum atomic E-state index is 11.6. The zero-order valence-electron chi connectivity index (χ0n) is 38.5. The van der Waals surface area contributed by atoms with E-state index in [2.05, 4.69) is 20.1 Å². The summed E-state index contributed by atoms with van der Waals surface area (Å²) in [7, 11) is 0. The summed E-state index contributed by atoms with van der Waals surface area (Å²) < 4.78 is 16.0. The fourth-order valence-corrected chi connectivity index (χ4v) is 3.89. The first kappa shape index (κ1) is 56.7. The number of carbonyl (C=O) groups excluding carboxylic acids is 3. The molecule has 0 bridgehead atoms. The molecule has 0 saturated heterocycles. The molecule has 0 rings (SSSR count). The van der Waals surface area contributed by atoms with Crippen molar-refractivity contribution in [2.75, 3.05) is 0 Å². The molecule has 0 aromatic carbocycles. The number of rotatable bonds is 26. The number of ether oxygens (including phenoxy) is 3. The third kappa shape index (κ3) is 42.4. The van der Waals surface area contributed by atoms with Gasteiger partial charge in [-0.2, -0.15) is 9.78 Å². The van der Waals surface area contributed by atoms with E-state index in [1.807, 2.05) is 104 Å². The van der Waals surface area contributed by atoms with Crippen LogP contribution < -0.4 is 0 Å². The van der Waals surface area contributed by atoms with Gasteiger partial charge < -0.3 is 24.0 Å². The van der Waals surface area contributed by atoms with Crippen LogP contribution in [0.1, 0.15) is 220 Å². The molecule has 0 heterocycles. The van der Waals surface area contributed by atoms with Crippen LogP contribution in [-0.4, -0.2) is 45.9 Å². The Morgan fingerprint density at radius 1 is 0.418 bits per heavy atom. The van der Waals surface area contributed by atoms with Crippen molar-refractivity contribution in [2.24, 2.45) is 0 Å². The Hall–Kier alpha value is -2.59. The zero-order valence-corrected chi connectivity index (χ0v) is 38.5. The van der Waals surface area contributed by atoms with E-state index >= 15 is 0 Å². The third-order valence-electron chi connectivity index (χ3n) is 8.21. The number of hydrogen-bond donors (Lipinski definition) is 0. The Morgan fingerprint density at radius 2 is 0.745 bits per heavy atom. The molecular formula is C45H86O10. The minimum Gasteiger partial charge on any atom is -0.460 e. The summed E-state index contributed by atoms with van der Waals surface area (Å²) in [5.74, 6) is 0.194. The minimum absolute atomic E-state index is 0.000486. The van der Waals surface area contributed by atoms with Gasteiger partial charge in [-0.3, -0.25) is 14.4 Å². The second-order valence-corrected chi connectivity index (χ2v) is 18.0. The Balaban J connectivity index is -0.000000739. The van der Waals surface area contributed by atoms with E-state index in [4.69, 9.17) is 33.8 Å². The fourth-order valence-electron chi connectivity index (χ4n) is 3.89. The maximum absolute atomic E-state index is 11.6. The number of hydrogen-bond acceptors (Lipinski definition) is 10. The highest BCUT2D eigenvalue weighted by Crippen LogP contribution is 2.20. The molecular weight excluding hydrogens is 700 g/mol. The molecule has 0 spiro atoms. The fraction of sp³-hybridized carbons (Fsp3) is 0.844. The molecule has 10 nitrogen and oxygen atoms in total. The van der Waals surface area contributed by atoms with Gasteiger partial charge in [0.1, 0.15) is 45.9 Å². The highest BCUT2D eigenvalue weighted by molar-refractivity contribution is 5.72. The quantitative estimate of drug-likeness (QED) is 0.0209. The topological polar surface area (TPSA) is 116 Å². The van der Waals surface area contributed by atoms with Crippen molar-refractivity contribution in [3.63, 3.8) is 0 Å². The van der Waals surface area contributed by atoms with Gasteiger partial charge in [0, 0.05) is 19.3 Å². The number of carbonyl (C=O) groups is 3. The van der Waals surface area contributed by atoms with Gasteiger partial charge in [-0.15, -0.1) is 0 Å². The van der Waals surface area contributed by atoms with Crippen molar-refractivity contribution in [2.45, 2.75) is 248 Å². The number of allylic oxidation sites excluding steroid dienone is 1. The second kappa shape index (κ2) is 29.6. The molecule has 0 aromatic rings. The van der Waals surface area contributed by atoms with E-state index in [-0.39, 0.29) is 46.9 Å². The summed E-state index contributed by atoms with van der Waals surface area (Å²) >= 11 is 0. The van der Waals surface area contributed by atoms with Gasteiger partial charge in [-0.1, -0.05) is 92.2 Å². The summed E-state index contributed by atoms with van der Waals surface area (Å²) in [5.41, 5.74) is -1.94. The largest absolute Gasteiger partial charge is 0.460 e. The van der Waals surface area contributed by atoms with Crippen LogP contribution in [0.3, 0.4) is 0 Å². The lowest BCUT2D eigenvalue weighted by atomic mass is 10.1. The average molecular weight is 787 g/mol. The van der Waals surface area contributed by atoms with Crippen LogP contribution >= 0.6 is 0 Å². The average Bonchev–Trinajstić information content (AvgIpc) is 3.05. The highest BCUT2D eigenvalue weighted by Gasteiger charge is 2.23. The number of unbranched alkanes of at least 4 members (excludes halogenated alkanes) is 8. The second-order valence-electron chi connectivity index (χ2n) is 18.0. The normalized spacial score (nSPS) is 11.9. The summed E-state index contributed by atoms with van der Waals surface area (Å²) in [6.07, 6.45) is 16.1. The molecule has 0 amide bonds. The lowest BCUT2D eigenvalue weighted by Crippen LogP contribution is -2.27. The molecule has 0 atom stereocenters. The van der Waals surface area contributed by atoms with Crippen LogP contribution in [0.2, 0.25) is 0 Å². The SMILES string of the molecule is C=C(CC(=O)OC(C)(C)CC)OOC(C)(C)C.C=C(CCCC(=O)OC(C)(C)CC)OOC(C)(C)C.CCCCCCCCCCCC(=O)OC(C)(C)CC. The van der Waals surface area contributed by atoms with E-state index in [0.717, 1.165) is 32.1 Å². The Morgan fingerprint density at radius 3 is 1.11 bits per heavy atom. The van der Waals surface area contributed by atoms with E-state index in [0.29, 0.717) is 31.4 Å². The molecule has 0 unspecified atom stereocenters. The first-order valence-corrected chi connectivity index (χ1v) is 20.9. The molecule has 0 aliphatic rings. The van der Waals surface area contributed by atoms with Crippen molar-refractivity contribution < 1.29 is 48.1 Å². The van der Waals surface area contributed by atoms with Gasteiger partial charge in [0.2, 0.25) is 0 Å². The molecule has 0 saturated carbocycles. The summed E-state index contributed by atoms with van der Waals surface area (Å²) in [5, 5.41) is 0. The lowest BCUT2D eigenvalue weighted by Gasteiger charge is -2.24. The van der Waals surface area contributed by atoms with Crippen molar-refractivity contribution >= 4 is 17.9 Å². The smallest absolute Gasteiger partial charge is 0.314 e. The van der Waals surface area contributed by atoms with Crippen molar-refractivity contribution in [3.05, 3.63) is 24.7 Å². The molecule has 326 valence electrons. The van der Waals surface area contributed by atoms with Gasteiger partial charge in [-0.05, 0) is 115 Å². The molecule has 0 fully saturated rings. The minimum atomic E-state index is -0.456. The summed E-state index contributed by atoms with van der Waals surface area (Å²) in [6.45, 7) is 38.3. The predicted octanol–water partition coefficient (Wildman–Crippen LogP) is 13.2. The van der Waals surface area contributed by atoms with Gasteiger partial charge in [0.25, 0.3) is 0 Å². The lowest BCUT2D eigenvalue weighted by molar-refractivity contribution is -0.322. The van der Waals surface area contributed by atoms with E-state index in [1.54, 1.807) is 0 Å². The van der Waals surface area contributed by atoms with Crippen LogP contribution in [0.25, 0.3) is 0 Å². The Labute approximate surface area is 338 Å². The number of esters is 3. The van der Waals surface area contributed by atoms with E-state index in [9.17, 15) is 14.4 Å². The van der Waals surface area contributed by atoms with Crippen LogP contribution in [0.4, 0.5) is 0 Å². The van der Waals surface area contributed by atoms with E-state index in [1.165, 1.54) is 44.9 Å². The van der Waals surface area contributed by atoms with Crippen LogP contribution in [0.5, 0.6) is 0 Å². The van der Waals surface area contributed by atoms with Gasteiger partial charge in [0.15, 0.2) is 0 Å². The molecule has 0 N–H and O–H groups in total. The maximum Gasteiger partial charge on any atom is 0.314 e. The van der Waals surface area contributed by atoms with Crippen LogP contribution in [-0.2, 0) is 48.1 Å². The van der Waals surface area contributed by atoms with Gasteiger partial charge >= 0.3 is 17.9 Å². The van der Waals surface area contributed by atoms with Crippen molar-refractivity contribution in [3.8, 4) is 0 Å². The Bertz CT molecular complexity index is 1060. The molecule has 10 heteroatoms. The van der Waals surface area contributed by atoms with Crippen LogP contribution in [0.15, 0.2) is 24.7 Å². The van der Waals surface area contributed by atoms with Crippen LogP contribution in [0, 0.1) is 0 Å². The first-order chi connectivity index (χ1) is 25.1. The monoisotopic (exact) mass is 787 g/mol. The zero-order chi connectivity index (χ0) is 43.4. The Kier molecular flexibility index (Phi) is 30.6. The molecule has 0 aliphatic carbocycles. The van der Waals surface area contributed by atoms with Crippen molar-refractivity contribution in [1.82, 2.24) is 0 Å². The van der Waals surface area contributed by atoms with Gasteiger partial charge in [-0.25, -0.2) is 0 Å². The standard InChI is InChI=1S/C17H34O2.C15H28O4.C13H24O4/c1-5-7-8-9-10-11-12-13-14-15-16(18)19-17(3,4)6-2;1-8-15(6,7)17-13(16)11-9-10-12(2)18-19-14(3,4)5;1-8-13(6,7)15-11(14)9-10(2)16-17-12(3,4)5/h5-15H2,1-4H3;2,8-11H2,1,3-7H3;2,8-9H2,1,3-7H3. The molecule has 0 aliphatic heterocycles. The first-order valence-electron chi connectivity index (χ1n) is 20.9. The summed E-state index contributed by atoms with van der Waals surface area (Å²) in [6, 6.07) is 0. The van der Waals surface area contributed by atoms with Gasteiger partial charge in [0.05, 0.1) is 0 Å². The summed E-state index contributed by atoms with van der Waals surface area (Å²) in [4.78, 5) is 54.9. The molecule has 55 heavy (non-hydrogen) atoms. The van der Waals surface area contributed by atoms with E-state index < -0.39 is 11.2 Å². The molecule has 0 radical (unpaired) electrons. The highest BCUT2D eigenvalue weighted by atomic mass is 17.2.